The molecule has 0 bridgehead atoms. The summed E-state index contributed by atoms with van der Waals surface area (Å²) >= 11 is 0. The molecule has 0 aliphatic carbocycles. The number of morpholine rings is 1. The van der Waals surface area contributed by atoms with E-state index in [0.717, 1.165) is 55.9 Å². The topological polar surface area (TPSA) is 49.1 Å². The fourth-order valence-electron chi connectivity index (χ4n) is 4.41. The molecule has 2 aliphatic heterocycles. The fraction of sp³-hybridized carbons (Fsp3) is 0.429. The molecule has 2 aliphatic rings. The van der Waals surface area contributed by atoms with E-state index in [1.54, 1.807) is 0 Å². The van der Waals surface area contributed by atoms with Gasteiger partial charge in [-0.15, -0.1) is 0 Å². The number of hydrogen-bond donors (Lipinski definition) is 1. The maximum absolute atomic E-state index is 10.6. The second-order valence-corrected chi connectivity index (χ2v) is 7.37. The second kappa shape index (κ2) is 6.67. The van der Waals surface area contributed by atoms with Crippen LogP contribution in [0.4, 0.5) is 0 Å². The number of aliphatic hydroxyl groups excluding tert-OH is 1. The van der Waals surface area contributed by atoms with Gasteiger partial charge in [-0.1, -0.05) is 36.4 Å². The summed E-state index contributed by atoms with van der Waals surface area (Å²) in [5, 5.41) is 12.9. The zero-order valence-corrected chi connectivity index (χ0v) is 14.8. The van der Waals surface area contributed by atoms with Crippen LogP contribution in [-0.2, 0) is 11.3 Å². The molecule has 0 spiro atoms. The molecule has 3 aromatic rings. The van der Waals surface area contributed by atoms with E-state index in [2.05, 4.69) is 34.1 Å². The summed E-state index contributed by atoms with van der Waals surface area (Å²) in [7, 11) is 0. The van der Waals surface area contributed by atoms with E-state index in [1.807, 2.05) is 18.2 Å². The van der Waals surface area contributed by atoms with Crippen molar-refractivity contribution in [2.24, 2.45) is 0 Å². The molecule has 136 valence electrons. The van der Waals surface area contributed by atoms with Crippen molar-refractivity contribution in [2.75, 3.05) is 39.4 Å². The zero-order valence-electron chi connectivity index (χ0n) is 14.8. The lowest BCUT2D eigenvalue weighted by Crippen LogP contribution is -2.48. The van der Waals surface area contributed by atoms with Gasteiger partial charge in [0.15, 0.2) is 0 Å². The quantitative estimate of drug-likeness (QED) is 0.785. The van der Waals surface area contributed by atoms with Crippen molar-refractivity contribution < 1.29 is 14.3 Å². The smallest absolute Gasteiger partial charge is 0.139 e. The fourth-order valence-corrected chi connectivity index (χ4v) is 4.41. The van der Waals surface area contributed by atoms with Crippen molar-refractivity contribution in [3.8, 4) is 0 Å². The van der Waals surface area contributed by atoms with Crippen molar-refractivity contribution in [2.45, 2.75) is 18.7 Å². The highest BCUT2D eigenvalue weighted by Crippen LogP contribution is 2.32. The number of likely N-dealkylation sites (tertiary alicyclic amines) is 1. The van der Waals surface area contributed by atoms with E-state index in [4.69, 9.17) is 9.15 Å². The van der Waals surface area contributed by atoms with Gasteiger partial charge in [-0.25, -0.2) is 0 Å². The van der Waals surface area contributed by atoms with Gasteiger partial charge in [-0.05, 0) is 6.07 Å². The Hall–Kier alpha value is -1.92. The normalized spacial score (nSPS) is 25.4. The van der Waals surface area contributed by atoms with Crippen molar-refractivity contribution in [1.29, 1.82) is 0 Å². The monoisotopic (exact) mass is 352 g/mol. The minimum Gasteiger partial charge on any atom is -0.456 e. The van der Waals surface area contributed by atoms with Crippen molar-refractivity contribution >= 4 is 21.9 Å². The Morgan fingerprint density at radius 2 is 1.77 bits per heavy atom. The van der Waals surface area contributed by atoms with Crippen LogP contribution in [0, 0.1) is 0 Å². The summed E-state index contributed by atoms with van der Waals surface area (Å²) in [5.41, 5.74) is 3.09. The Labute approximate surface area is 152 Å². The summed E-state index contributed by atoms with van der Waals surface area (Å²) < 4.78 is 11.6. The van der Waals surface area contributed by atoms with Gasteiger partial charge >= 0.3 is 0 Å². The van der Waals surface area contributed by atoms with Gasteiger partial charge in [0.2, 0.25) is 0 Å². The van der Waals surface area contributed by atoms with Gasteiger partial charge in [-0.3, -0.25) is 9.80 Å². The van der Waals surface area contributed by atoms with Crippen LogP contribution in [0.3, 0.4) is 0 Å². The highest BCUT2D eigenvalue weighted by molar-refractivity contribution is 6.05. The van der Waals surface area contributed by atoms with Crippen LogP contribution >= 0.6 is 0 Å². The van der Waals surface area contributed by atoms with E-state index in [-0.39, 0.29) is 12.1 Å². The van der Waals surface area contributed by atoms with Crippen LogP contribution in [0.15, 0.2) is 46.9 Å². The number of nitrogens with zero attached hydrogens (tertiary/aromatic N) is 2. The number of rotatable bonds is 3. The first-order valence-corrected chi connectivity index (χ1v) is 9.41. The lowest BCUT2D eigenvalue weighted by Gasteiger charge is -2.33. The van der Waals surface area contributed by atoms with Gasteiger partial charge in [0.1, 0.15) is 11.2 Å². The average molecular weight is 352 g/mol. The van der Waals surface area contributed by atoms with E-state index in [9.17, 15) is 5.11 Å². The van der Waals surface area contributed by atoms with Gasteiger partial charge in [0, 0.05) is 55.1 Å². The number of benzene rings is 2. The van der Waals surface area contributed by atoms with Crippen LogP contribution in [-0.4, -0.2) is 66.4 Å². The van der Waals surface area contributed by atoms with Gasteiger partial charge in [0.05, 0.1) is 19.3 Å². The van der Waals surface area contributed by atoms with Gasteiger partial charge < -0.3 is 14.3 Å². The molecule has 5 rings (SSSR count). The molecule has 0 unspecified atom stereocenters. The van der Waals surface area contributed by atoms with E-state index >= 15 is 0 Å². The molecule has 0 saturated carbocycles. The Balaban J connectivity index is 1.39. The summed E-state index contributed by atoms with van der Waals surface area (Å²) in [4.78, 5) is 4.71. The molecule has 2 atom stereocenters. The minimum absolute atomic E-state index is 0.203. The molecular formula is C21H24N2O3. The SMILES string of the molecule is O[C@H]1CN(Cc2cccc3c2oc2ccccc23)C[C@@H]1N1CCOCC1. The molecule has 3 heterocycles. The second-order valence-electron chi connectivity index (χ2n) is 7.37. The molecule has 0 radical (unpaired) electrons. The highest BCUT2D eigenvalue weighted by Gasteiger charge is 2.36. The molecule has 2 fully saturated rings. The Bertz CT molecular complexity index is 916. The zero-order chi connectivity index (χ0) is 17.5. The lowest BCUT2D eigenvalue weighted by molar-refractivity contribution is -0.00618. The van der Waals surface area contributed by atoms with Crippen molar-refractivity contribution in [3.05, 3.63) is 48.0 Å². The number of β-amino-alcohol motifs (C(OH)–C–C–N with tert-alkyl or cyclic N) is 1. The molecule has 5 heteroatoms. The predicted molar refractivity (Wildman–Crippen MR) is 101 cm³/mol. The number of para-hydroxylation sites is 2. The number of ether oxygens (including phenoxy) is 1. The number of hydrogen-bond acceptors (Lipinski definition) is 5. The van der Waals surface area contributed by atoms with E-state index in [1.165, 1.54) is 10.9 Å². The predicted octanol–water partition coefficient (Wildman–Crippen LogP) is 2.46. The summed E-state index contributed by atoms with van der Waals surface area (Å²) in [6, 6.07) is 14.8. The van der Waals surface area contributed by atoms with Crippen LogP contribution in [0.5, 0.6) is 0 Å². The average Bonchev–Trinajstić information content (AvgIpc) is 3.23. The van der Waals surface area contributed by atoms with Crippen LogP contribution in [0.2, 0.25) is 0 Å². The molecule has 0 amide bonds. The Kier molecular flexibility index (Phi) is 4.17. The van der Waals surface area contributed by atoms with Crippen LogP contribution < -0.4 is 0 Å². The first-order chi connectivity index (χ1) is 12.8. The minimum atomic E-state index is -0.303. The third-order valence-corrected chi connectivity index (χ3v) is 5.73. The summed E-state index contributed by atoms with van der Waals surface area (Å²) in [6.45, 7) is 5.75. The lowest BCUT2D eigenvalue weighted by atomic mass is 10.1. The van der Waals surface area contributed by atoms with Crippen molar-refractivity contribution in [1.82, 2.24) is 9.80 Å². The number of furan rings is 1. The third kappa shape index (κ3) is 2.81. The standard InChI is InChI=1S/C21H24N2O3/c24-19-14-22(13-18(19)23-8-10-25-11-9-23)12-15-4-3-6-17-16-5-1-2-7-20(16)26-21(15)17/h1-7,18-19,24H,8-14H2/t18-,19-/m0/s1. The maximum Gasteiger partial charge on any atom is 0.139 e. The molecule has 2 saturated heterocycles. The molecule has 26 heavy (non-hydrogen) atoms. The van der Waals surface area contributed by atoms with Gasteiger partial charge in [-0.2, -0.15) is 0 Å². The molecule has 1 aromatic heterocycles. The largest absolute Gasteiger partial charge is 0.456 e. The summed E-state index contributed by atoms with van der Waals surface area (Å²) in [5.74, 6) is 0. The Morgan fingerprint density at radius 1 is 0.962 bits per heavy atom. The van der Waals surface area contributed by atoms with E-state index in [0.29, 0.717) is 6.54 Å². The van der Waals surface area contributed by atoms with Gasteiger partial charge in [0.25, 0.3) is 0 Å². The third-order valence-electron chi connectivity index (χ3n) is 5.73. The highest BCUT2D eigenvalue weighted by atomic mass is 16.5. The first-order valence-electron chi connectivity index (χ1n) is 9.41. The molecule has 1 N–H and O–H groups in total. The number of aliphatic hydroxyl groups is 1. The van der Waals surface area contributed by atoms with Crippen LogP contribution in [0.25, 0.3) is 21.9 Å². The summed E-state index contributed by atoms with van der Waals surface area (Å²) in [6.07, 6.45) is -0.303. The van der Waals surface area contributed by atoms with Crippen LogP contribution in [0.1, 0.15) is 5.56 Å². The maximum atomic E-state index is 10.6. The molecule has 2 aromatic carbocycles. The first kappa shape index (κ1) is 16.3. The molecular weight excluding hydrogens is 328 g/mol. The number of fused-ring (bicyclic) bond motifs is 3. The van der Waals surface area contributed by atoms with Crippen molar-refractivity contribution in [3.63, 3.8) is 0 Å². The van der Waals surface area contributed by atoms with E-state index < -0.39 is 0 Å². The molecule has 5 nitrogen and oxygen atoms in total. The Morgan fingerprint density at radius 3 is 2.65 bits per heavy atom.